The number of esters is 1. The zero-order valence-corrected chi connectivity index (χ0v) is 16.3. The molecule has 2 rings (SSSR count). The van der Waals surface area contributed by atoms with Crippen molar-refractivity contribution in [3.05, 3.63) is 69.3 Å². The first kappa shape index (κ1) is 22.7. The Morgan fingerprint density at radius 2 is 1.80 bits per heavy atom. The molecule has 0 spiro atoms. The Morgan fingerprint density at radius 1 is 1.13 bits per heavy atom. The maximum absolute atomic E-state index is 12.8. The maximum Gasteiger partial charge on any atom is 0.387 e. The summed E-state index contributed by atoms with van der Waals surface area (Å²) in [6.45, 7) is 0.320. The van der Waals surface area contributed by atoms with Crippen LogP contribution in [0.25, 0.3) is 0 Å². The zero-order valence-electron chi connectivity index (χ0n) is 16.3. The largest absolute Gasteiger partial charge is 0.462 e. The van der Waals surface area contributed by atoms with E-state index >= 15 is 0 Å². The van der Waals surface area contributed by atoms with E-state index in [4.69, 9.17) is 4.74 Å². The fourth-order valence-electron chi connectivity index (χ4n) is 2.79. The Balaban J connectivity index is 2.36. The molecular formula is C20H20F2N2O6. The van der Waals surface area contributed by atoms with Gasteiger partial charge in [-0.1, -0.05) is 25.1 Å². The van der Waals surface area contributed by atoms with Gasteiger partial charge in [-0.2, -0.15) is 8.78 Å². The van der Waals surface area contributed by atoms with E-state index in [1.165, 1.54) is 24.3 Å². The van der Waals surface area contributed by atoms with Crippen molar-refractivity contribution < 1.29 is 32.8 Å². The molecule has 0 bridgehead atoms. The van der Waals surface area contributed by atoms with Crippen molar-refractivity contribution in [1.82, 2.24) is 5.32 Å². The van der Waals surface area contributed by atoms with Crippen molar-refractivity contribution in [2.24, 2.45) is 0 Å². The summed E-state index contributed by atoms with van der Waals surface area (Å²) < 4.78 is 34.7. The molecule has 0 aliphatic rings. The molecule has 2 aromatic rings. The van der Waals surface area contributed by atoms with Gasteiger partial charge < -0.3 is 14.8 Å². The number of halogens is 2. The molecular weight excluding hydrogens is 402 g/mol. The molecule has 1 atom stereocenters. The van der Waals surface area contributed by atoms with Gasteiger partial charge in [-0.05, 0) is 25.5 Å². The molecule has 8 nitrogen and oxygen atoms in total. The summed E-state index contributed by atoms with van der Waals surface area (Å²) in [5, 5.41) is 13.8. The first-order chi connectivity index (χ1) is 14.3. The number of hydrogen-bond acceptors (Lipinski definition) is 6. The quantitative estimate of drug-likeness (QED) is 0.368. The average molecular weight is 422 g/mol. The summed E-state index contributed by atoms with van der Waals surface area (Å²) in [6.07, 6.45) is 0.328. The second-order valence-electron chi connectivity index (χ2n) is 6.10. The number of alkyl halides is 2. The van der Waals surface area contributed by atoms with Gasteiger partial charge in [0.25, 0.3) is 11.6 Å². The number of benzene rings is 2. The highest BCUT2D eigenvalue weighted by molar-refractivity contribution is 5.99. The lowest BCUT2D eigenvalue weighted by Crippen LogP contribution is -2.29. The predicted molar refractivity (Wildman–Crippen MR) is 103 cm³/mol. The van der Waals surface area contributed by atoms with E-state index < -0.39 is 35.1 Å². The van der Waals surface area contributed by atoms with Crippen molar-refractivity contribution >= 4 is 17.6 Å². The number of nitrogens with one attached hydrogen (secondary N) is 1. The first-order valence-corrected chi connectivity index (χ1v) is 9.08. The van der Waals surface area contributed by atoms with Crippen LogP contribution >= 0.6 is 0 Å². The van der Waals surface area contributed by atoms with E-state index in [2.05, 4.69) is 10.1 Å². The molecule has 0 radical (unpaired) electrons. The maximum atomic E-state index is 12.8. The van der Waals surface area contributed by atoms with Gasteiger partial charge in [-0.25, -0.2) is 4.79 Å². The molecule has 0 heterocycles. The Bertz CT molecular complexity index is 935. The van der Waals surface area contributed by atoms with E-state index in [-0.39, 0.29) is 23.5 Å². The Morgan fingerprint density at radius 3 is 2.40 bits per heavy atom. The highest BCUT2D eigenvalue weighted by atomic mass is 19.3. The lowest BCUT2D eigenvalue weighted by atomic mass is 10.0. The molecule has 1 unspecified atom stereocenters. The lowest BCUT2D eigenvalue weighted by molar-refractivity contribution is -0.384. The molecule has 1 N–H and O–H groups in total. The summed E-state index contributed by atoms with van der Waals surface area (Å²) in [6, 6.07) is 8.50. The second kappa shape index (κ2) is 10.3. The molecule has 0 saturated carbocycles. The molecule has 0 aliphatic carbocycles. The number of para-hydroxylation sites is 1. The Labute approximate surface area is 170 Å². The predicted octanol–water partition coefficient (Wildman–Crippen LogP) is 4.25. The van der Waals surface area contributed by atoms with Crippen LogP contribution in [-0.2, 0) is 4.74 Å². The van der Waals surface area contributed by atoms with Crippen LogP contribution < -0.4 is 10.1 Å². The summed E-state index contributed by atoms with van der Waals surface area (Å²) >= 11 is 0. The lowest BCUT2D eigenvalue weighted by Gasteiger charge is -2.20. The van der Waals surface area contributed by atoms with Crippen molar-refractivity contribution in [2.45, 2.75) is 32.9 Å². The normalized spacial score (nSPS) is 11.6. The summed E-state index contributed by atoms with van der Waals surface area (Å²) in [7, 11) is 0. The number of carbonyl (C=O) groups is 2. The van der Waals surface area contributed by atoms with Gasteiger partial charge in [0.2, 0.25) is 0 Å². The van der Waals surface area contributed by atoms with Crippen LogP contribution in [0.15, 0.2) is 42.5 Å². The number of amides is 1. The Hall–Kier alpha value is -3.56. The highest BCUT2D eigenvalue weighted by Crippen LogP contribution is 2.29. The standard InChI is InChI=1S/C20H20F2N2O6/c1-3-16(15-7-5-6-8-17(15)30-20(21)22)23-18(25)12-9-13(19(26)29-4-2)11-14(10-12)24(27)28/h5-11,16,20H,3-4H2,1-2H3,(H,23,25). The minimum Gasteiger partial charge on any atom is -0.462 e. The number of carbonyl (C=O) groups excluding carboxylic acids is 2. The minimum absolute atomic E-state index is 0.0574. The molecule has 0 aliphatic heterocycles. The van der Waals surface area contributed by atoms with Gasteiger partial charge in [0.05, 0.1) is 23.1 Å². The van der Waals surface area contributed by atoms with Crippen molar-refractivity contribution in [1.29, 1.82) is 0 Å². The highest BCUT2D eigenvalue weighted by Gasteiger charge is 2.22. The van der Waals surface area contributed by atoms with Crippen LogP contribution in [0, 0.1) is 10.1 Å². The summed E-state index contributed by atoms with van der Waals surface area (Å²) in [5.41, 5.74) is -0.423. The van der Waals surface area contributed by atoms with Crippen molar-refractivity contribution in [2.75, 3.05) is 6.61 Å². The molecule has 160 valence electrons. The molecule has 0 aromatic heterocycles. The van der Waals surface area contributed by atoms with Crippen molar-refractivity contribution in [3.63, 3.8) is 0 Å². The second-order valence-corrected chi connectivity index (χ2v) is 6.10. The van der Waals surface area contributed by atoms with Gasteiger partial charge in [-0.15, -0.1) is 0 Å². The van der Waals surface area contributed by atoms with Crippen LogP contribution in [0.2, 0.25) is 0 Å². The van der Waals surface area contributed by atoms with Gasteiger partial charge in [0.15, 0.2) is 0 Å². The summed E-state index contributed by atoms with van der Waals surface area (Å²) in [5.74, 6) is -1.62. The van der Waals surface area contributed by atoms with E-state index in [1.807, 2.05) is 0 Å². The molecule has 1 amide bonds. The molecule has 0 saturated heterocycles. The van der Waals surface area contributed by atoms with Crippen molar-refractivity contribution in [3.8, 4) is 5.75 Å². The van der Waals surface area contributed by atoms with E-state index in [1.54, 1.807) is 19.9 Å². The van der Waals surface area contributed by atoms with Gasteiger partial charge >= 0.3 is 12.6 Å². The van der Waals surface area contributed by atoms with Gasteiger partial charge in [0, 0.05) is 23.3 Å². The monoisotopic (exact) mass is 422 g/mol. The SMILES string of the molecule is CCOC(=O)c1cc(C(=O)NC(CC)c2ccccc2OC(F)F)cc([N+](=O)[O-])c1. The number of nitro groups is 1. The van der Waals surface area contributed by atoms with Crippen LogP contribution in [0.4, 0.5) is 14.5 Å². The van der Waals surface area contributed by atoms with Crippen LogP contribution in [0.3, 0.4) is 0 Å². The summed E-state index contributed by atoms with van der Waals surface area (Å²) in [4.78, 5) is 35.2. The topological polar surface area (TPSA) is 108 Å². The van der Waals surface area contributed by atoms with Crippen LogP contribution in [0.5, 0.6) is 5.75 Å². The van der Waals surface area contributed by atoms with E-state index in [0.717, 1.165) is 12.1 Å². The van der Waals surface area contributed by atoms with E-state index in [0.29, 0.717) is 12.0 Å². The number of nitrogens with zero attached hydrogens (tertiary/aromatic N) is 1. The van der Waals surface area contributed by atoms with Crippen LogP contribution in [0.1, 0.15) is 52.6 Å². The number of non-ortho nitro benzene ring substituents is 1. The average Bonchev–Trinajstić information content (AvgIpc) is 2.71. The molecule has 0 fully saturated rings. The minimum atomic E-state index is -3.04. The van der Waals surface area contributed by atoms with Gasteiger partial charge in [-0.3, -0.25) is 14.9 Å². The number of hydrogen-bond donors (Lipinski definition) is 1. The molecule has 10 heteroatoms. The third kappa shape index (κ3) is 5.72. The smallest absolute Gasteiger partial charge is 0.387 e. The van der Waals surface area contributed by atoms with Gasteiger partial charge in [0.1, 0.15) is 5.75 Å². The van der Waals surface area contributed by atoms with Crippen LogP contribution in [-0.4, -0.2) is 30.0 Å². The Kier molecular flexibility index (Phi) is 7.79. The zero-order chi connectivity index (χ0) is 22.3. The molecule has 30 heavy (non-hydrogen) atoms. The fraction of sp³-hybridized carbons (Fsp3) is 0.300. The third-order valence-electron chi connectivity index (χ3n) is 4.13. The first-order valence-electron chi connectivity index (χ1n) is 9.08. The number of nitro benzene ring substituents is 1. The fourth-order valence-corrected chi connectivity index (χ4v) is 2.79. The number of ether oxygens (including phenoxy) is 2. The third-order valence-corrected chi connectivity index (χ3v) is 4.13. The van der Waals surface area contributed by atoms with E-state index in [9.17, 15) is 28.5 Å². The number of rotatable bonds is 9. The molecule has 2 aromatic carbocycles.